The topological polar surface area (TPSA) is 18.5 Å². The molecule has 0 aliphatic rings. The van der Waals surface area contributed by atoms with Gasteiger partial charge in [-0.15, -0.1) is 0 Å². The molecular formula is C8H13F5O2. The van der Waals surface area contributed by atoms with Gasteiger partial charge in [-0.1, -0.05) is 20.8 Å². The second-order valence-electron chi connectivity index (χ2n) is 4.22. The van der Waals surface area contributed by atoms with Crippen LogP contribution >= 0.6 is 0 Å². The Balaban J connectivity index is 4.11. The smallest absolute Gasteiger partial charge is 0.235 e. The van der Waals surface area contributed by atoms with E-state index < -0.39 is 24.1 Å². The van der Waals surface area contributed by atoms with E-state index in [1.54, 1.807) is 20.8 Å². The van der Waals surface area contributed by atoms with Crippen LogP contribution in [0.25, 0.3) is 0 Å². The van der Waals surface area contributed by atoms with Gasteiger partial charge in [0.2, 0.25) is 6.10 Å². The first-order valence-electron chi connectivity index (χ1n) is 4.17. The van der Waals surface area contributed by atoms with Gasteiger partial charge in [-0.3, -0.25) is 0 Å². The van der Waals surface area contributed by atoms with E-state index in [0.717, 1.165) is 0 Å². The standard InChI is InChI=1S/C8H13F5O2/c1-7(2,3)4-14-15-5(6(9)10)8(11,12)13/h5-6H,4H2,1-3H3. The highest BCUT2D eigenvalue weighted by atomic mass is 19.4. The van der Waals surface area contributed by atoms with Crippen molar-refractivity contribution in [2.75, 3.05) is 6.61 Å². The monoisotopic (exact) mass is 236 g/mol. The van der Waals surface area contributed by atoms with Crippen LogP contribution in [-0.4, -0.2) is 25.3 Å². The fourth-order valence-electron chi connectivity index (χ4n) is 0.524. The molecule has 0 aromatic heterocycles. The molecule has 0 aromatic carbocycles. The van der Waals surface area contributed by atoms with E-state index in [-0.39, 0.29) is 6.61 Å². The molecule has 0 aliphatic heterocycles. The van der Waals surface area contributed by atoms with Crippen LogP contribution in [0.3, 0.4) is 0 Å². The molecule has 0 saturated heterocycles. The molecule has 0 rings (SSSR count). The molecule has 1 unspecified atom stereocenters. The minimum atomic E-state index is -5.13. The Morgan fingerprint density at radius 3 is 1.80 bits per heavy atom. The van der Waals surface area contributed by atoms with Gasteiger partial charge in [0.1, 0.15) is 0 Å². The SMILES string of the molecule is CC(C)(C)COOC(C(F)F)C(F)(F)F. The first-order valence-corrected chi connectivity index (χ1v) is 4.17. The summed E-state index contributed by atoms with van der Waals surface area (Å²) in [6, 6.07) is 0. The average Bonchev–Trinajstić information content (AvgIpc) is 1.92. The Bertz CT molecular complexity index is 184. The van der Waals surface area contributed by atoms with E-state index in [4.69, 9.17) is 0 Å². The zero-order valence-electron chi connectivity index (χ0n) is 8.57. The molecule has 1 atom stereocenters. The highest BCUT2D eigenvalue weighted by Crippen LogP contribution is 2.28. The molecule has 0 saturated carbocycles. The molecule has 2 nitrogen and oxygen atoms in total. The van der Waals surface area contributed by atoms with Gasteiger partial charge in [-0.05, 0) is 5.41 Å². The van der Waals surface area contributed by atoms with Crippen molar-refractivity contribution in [1.82, 2.24) is 0 Å². The van der Waals surface area contributed by atoms with Crippen LogP contribution in [0.15, 0.2) is 0 Å². The van der Waals surface area contributed by atoms with Crippen molar-refractivity contribution < 1.29 is 31.7 Å². The molecule has 0 aliphatic carbocycles. The van der Waals surface area contributed by atoms with Gasteiger partial charge in [0.25, 0.3) is 6.43 Å². The summed E-state index contributed by atoms with van der Waals surface area (Å²) in [4.78, 5) is 7.82. The van der Waals surface area contributed by atoms with E-state index >= 15 is 0 Å². The number of hydrogen-bond acceptors (Lipinski definition) is 2. The van der Waals surface area contributed by atoms with Crippen molar-refractivity contribution in [2.45, 2.75) is 39.5 Å². The highest BCUT2D eigenvalue weighted by Gasteiger charge is 2.48. The molecule has 92 valence electrons. The molecule has 0 amide bonds. The van der Waals surface area contributed by atoms with E-state index in [1.807, 2.05) is 0 Å². The van der Waals surface area contributed by atoms with Gasteiger partial charge < -0.3 is 0 Å². The Labute approximate surface area is 84.3 Å². The molecule has 15 heavy (non-hydrogen) atoms. The third-order valence-corrected chi connectivity index (χ3v) is 1.22. The van der Waals surface area contributed by atoms with Crippen LogP contribution in [0.1, 0.15) is 20.8 Å². The maximum atomic E-state index is 11.9. The zero-order valence-corrected chi connectivity index (χ0v) is 8.57. The summed E-state index contributed by atoms with van der Waals surface area (Å²) >= 11 is 0. The molecule has 0 N–H and O–H groups in total. The summed E-state index contributed by atoms with van der Waals surface area (Å²) in [5, 5.41) is 0. The molecule has 7 heteroatoms. The third-order valence-electron chi connectivity index (χ3n) is 1.22. The Hall–Kier alpha value is -0.430. The van der Waals surface area contributed by atoms with Crippen molar-refractivity contribution in [2.24, 2.45) is 5.41 Å². The zero-order chi connectivity index (χ0) is 12.3. The summed E-state index contributed by atoms with van der Waals surface area (Å²) in [6.07, 6.45) is -12.0. The first kappa shape index (κ1) is 14.6. The Morgan fingerprint density at radius 1 is 1.07 bits per heavy atom. The summed E-state index contributed by atoms with van der Waals surface area (Å²) < 4.78 is 59.5. The van der Waals surface area contributed by atoms with Crippen LogP contribution in [0.5, 0.6) is 0 Å². The van der Waals surface area contributed by atoms with Gasteiger partial charge in [-0.2, -0.15) is 13.2 Å². The quantitative estimate of drug-likeness (QED) is 0.424. The van der Waals surface area contributed by atoms with Crippen LogP contribution in [0.4, 0.5) is 22.0 Å². The number of hydrogen-bond donors (Lipinski definition) is 0. The Kier molecular flexibility index (Phi) is 4.92. The highest BCUT2D eigenvalue weighted by molar-refractivity contribution is 4.68. The van der Waals surface area contributed by atoms with E-state index in [0.29, 0.717) is 0 Å². The Morgan fingerprint density at radius 2 is 1.53 bits per heavy atom. The predicted molar refractivity (Wildman–Crippen MR) is 42.3 cm³/mol. The second-order valence-corrected chi connectivity index (χ2v) is 4.22. The van der Waals surface area contributed by atoms with Gasteiger partial charge in [0, 0.05) is 0 Å². The van der Waals surface area contributed by atoms with Crippen LogP contribution in [0, 0.1) is 5.41 Å². The number of halogens is 5. The van der Waals surface area contributed by atoms with E-state index in [2.05, 4.69) is 9.78 Å². The van der Waals surface area contributed by atoms with Crippen molar-refractivity contribution in [3.8, 4) is 0 Å². The second kappa shape index (κ2) is 5.07. The van der Waals surface area contributed by atoms with E-state index in [1.165, 1.54) is 0 Å². The summed E-state index contributed by atoms with van der Waals surface area (Å²) in [5.41, 5.74) is -0.460. The summed E-state index contributed by atoms with van der Waals surface area (Å²) in [5.74, 6) is 0. The lowest BCUT2D eigenvalue weighted by Crippen LogP contribution is -2.38. The minimum absolute atomic E-state index is 0.202. The van der Waals surface area contributed by atoms with Gasteiger partial charge in [0.05, 0.1) is 6.61 Å². The molecule has 0 radical (unpaired) electrons. The van der Waals surface area contributed by atoms with Crippen molar-refractivity contribution in [3.05, 3.63) is 0 Å². The number of rotatable bonds is 4. The van der Waals surface area contributed by atoms with Crippen LogP contribution in [0.2, 0.25) is 0 Å². The lowest BCUT2D eigenvalue weighted by Gasteiger charge is -2.22. The van der Waals surface area contributed by atoms with Crippen LogP contribution in [-0.2, 0) is 9.78 Å². The minimum Gasteiger partial charge on any atom is -0.235 e. The summed E-state index contributed by atoms with van der Waals surface area (Å²) in [7, 11) is 0. The molecule has 0 aromatic rings. The number of alkyl halides is 5. The van der Waals surface area contributed by atoms with Gasteiger partial charge in [0.15, 0.2) is 0 Å². The molecule has 0 heterocycles. The van der Waals surface area contributed by atoms with Crippen molar-refractivity contribution >= 4 is 0 Å². The summed E-state index contributed by atoms with van der Waals surface area (Å²) in [6.45, 7) is 4.80. The molecule has 0 spiro atoms. The molecular weight excluding hydrogens is 223 g/mol. The normalized spacial score (nSPS) is 15.8. The van der Waals surface area contributed by atoms with Crippen LogP contribution < -0.4 is 0 Å². The van der Waals surface area contributed by atoms with Gasteiger partial charge >= 0.3 is 6.18 Å². The van der Waals surface area contributed by atoms with Crippen molar-refractivity contribution in [1.29, 1.82) is 0 Å². The molecule has 0 fully saturated rings. The lowest BCUT2D eigenvalue weighted by molar-refractivity contribution is -0.403. The van der Waals surface area contributed by atoms with Gasteiger partial charge in [-0.25, -0.2) is 18.6 Å². The average molecular weight is 236 g/mol. The predicted octanol–water partition coefficient (Wildman–Crippen LogP) is 3.18. The fraction of sp³-hybridized carbons (Fsp3) is 1.00. The van der Waals surface area contributed by atoms with E-state index in [9.17, 15) is 22.0 Å². The third kappa shape index (κ3) is 6.62. The fourth-order valence-corrected chi connectivity index (χ4v) is 0.524. The maximum Gasteiger partial charge on any atom is 0.423 e. The van der Waals surface area contributed by atoms with Crippen molar-refractivity contribution in [3.63, 3.8) is 0 Å². The lowest BCUT2D eigenvalue weighted by atomic mass is 9.99. The first-order chi connectivity index (χ1) is 6.54. The largest absolute Gasteiger partial charge is 0.423 e. The molecule has 0 bridgehead atoms. The maximum absolute atomic E-state index is 11.9.